The van der Waals surface area contributed by atoms with Gasteiger partial charge in [-0.1, -0.05) is 12.5 Å². The number of allylic oxidation sites excluding steroid dienone is 3. The molecule has 1 aromatic rings. The quantitative estimate of drug-likeness (QED) is 0.675. The van der Waals surface area contributed by atoms with Gasteiger partial charge in [0.1, 0.15) is 0 Å². The molecule has 2 aliphatic rings. The SMILES string of the molecule is CCC1=C(S(=O)Nc2nccs2)C=CC(=NCCC2OC(C)(C)OC2=O)CC1. The van der Waals surface area contributed by atoms with E-state index >= 15 is 0 Å². The Hall–Kier alpha value is -1.84. The zero-order chi connectivity index (χ0) is 20.1. The molecule has 1 aromatic heterocycles. The van der Waals surface area contributed by atoms with Crippen molar-refractivity contribution < 1.29 is 18.5 Å². The fourth-order valence-corrected chi connectivity index (χ4v) is 4.90. The molecule has 0 amide bonds. The third kappa shape index (κ3) is 5.36. The summed E-state index contributed by atoms with van der Waals surface area (Å²) in [6, 6.07) is 0. The molecule has 1 aliphatic carbocycles. The second kappa shape index (κ2) is 9.11. The molecule has 0 spiro atoms. The molecular weight excluding hydrogens is 398 g/mol. The van der Waals surface area contributed by atoms with E-state index in [2.05, 4.69) is 21.6 Å². The van der Waals surface area contributed by atoms with Crippen LogP contribution in [0.25, 0.3) is 0 Å². The van der Waals surface area contributed by atoms with Gasteiger partial charge in [-0.3, -0.25) is 9.71 Å². The van der Waals surface area contributed by atoms with Gasteiger partial charge in [0.2, 0.25) is 5.79 Å². The summed E-state index contributed by atoms with van der Waals surface area (Å²) in [5.41, 5.74) is 2.08. The molecule has 9 heteroatoms. The van der Waals surface area contributed by atoms with E-state index in [0.717, 1.165) is 35.5 Å². The molecule has 1 fully saturated rings. The maximum atomic E-state index is 12.7. The Balaban J connectivity index is 1.61. The van der Waals surface area contributed by atoms with Crippen molar-refractivity contribution in [1.82, 2.24) is 4.98 Å². The number of aromatic nitrogens is 1. The van der Waals surface area contributed by atoms with Crippen LogP contribution in [0.15, 0.2) is 39.2 Å². The van der Waals surface area contributed by atoms with Crippen molar-refractivity contribution in [3.05, 3.63) is 34.2 Å². The third-order valence-corrected chi connectivity index (χ3v) is 6.46. The predicted molar refractivity (Wildman–Crippen MR) is 112 cm³/mol. The van der Waals surface area contributed by atoms with Crippen LogP contribution in [-0.2, 0) is 25.3 Å². The molecule has 152 valence electrons. The van der Waals surface area contributed by atoms with Gasteiger partial charge in [-0.25, -0.2) is 14.0 Å². The van der Waals surface area contributed by atoms with Gasteiger partial charge in [0, 0.05) is 44.1 Å². The summed E-state index contributed by atoms with van der Waals surface area (Å²) in [7, 11) is -1.36. The molecule has 28 heavy (non-hydrogen) atoms. The summed E-state index contributed by atoms with van der Waals surface area (Å²) in [4.78, 5) is 21.3. The van der Waals surface area contributed by atoms with E-state index in [9.17, 15) is 9.00 Å². The number of ether oxygens (including phenoxy) is 2. The smallest absolute Gasteiger partial charge is 0.337 e. The molecule has 0 aromatic carbocycles. The Morgan fingerprint density at radius 2 is 2.21 bits per heavy atom. The fraction of sp³-hybridized carbons (Fsp3) is 0.526. The number of nitrogens with one attached hydrogen (secondary N) is 1. The lowest BCUT2D eigenvalue weighted by Gasteiger charge is -2.14. The van der Waals surface area contributed by atoms with E-state index in [4.69, 9.17) is 9.47 Å². The Bertz CT molecular complexity index is 828. The van der Waals surface area contributed by atoms with E-state index < -0.39 is 22.9 Å². The Morgan fingerprint density at radius 3 is 2.86 bits per heavy atom. The molecule has 1 saturated heterocycles. The second-order valence-electron chi connectivity index (χ2n) is 6.95. The van der Waals surface area contributed by atoms with Gasteiger partial charge in [0.15, 0.2) is 22.2 Å². The van der Waals surface area contributed by atoms with Crippen molar-refractivity contribution in [2.45, 2.75) is 58.3 Å². The van der Waals surface area contributed by atoms with Crippen molar-refractivity contribution >= 4 is 39.1 Å². The number of thiazole rings is 1. The highest BCUT2D eigenvalue weighted by atomic mass is 32.2. The van der Waals surface area contributed by atoms with Crippen LogP contribution in [-0.4, -0.2) is 39.3 Å². The minimum absolute atomic E-state index is 0.331. The zero-order valence-corrected chi connectivity index (χ0v) is 17.9. The number of hydrogen-bond donors (Lipinski definition) is 1. The van der Waals surface area contributed by atoms with Crippen LogP contribution < -0.4 is 4.72 Å². The number of carbonyl (C=O) groups is 1. The van der Waals surface area contributed by atoms with Crippen LogP contribution in [0, 0.1) is 0 Å². The third-order valence-electron chi connectivity index (χ3n) is 4.44. The number of carbonyl (C=O) groups excluding carboxylic acids is 1. The van der Waals surface area contributed by atoms with Gasteiger partial charge in [-0.05, 0) is 31.4 Å². The number of nitrogens with zero attached hydrogens (tertiary/aromatic N) is 2. The van der Waals surface area contributed by atoms with Crippen LogP contribution in [0.3, 0.4) is 0 Å². The van der Waals surface area contributed by atoms with Gasteiger partial charge < -0.3 is 9.47 Å². The summed E-state index contributed by atoms with van der Waals surface area (Å²) in [6.45, 7) is 6.00. The fourth-order valence-electron chi connectivity index (χ4n) is 3.08. The van der Waals surface area contributed by atoms with Crippen LogP contribution in [0.5, 0.6) is 0 Å². The molecule has 0 saturated carbocycles. The highest BCUT2D eigenvalue weighted by molar-refractivity contribution is 7.90. The van der Waals surface area contributed by atoms with Crippen molar-refractivity contribution in [1.29, 1.82) is 0 Å². The summed E-state index contributed by atoms with van der Waals surface area (Å²) in [6.07, 6.45) is 7.80. The van der Waals surface area contributed by atoms with Crippen molar-refractivity contribution in [3.63, 3.8) is 0 Å². The van der Waals surface area contributed by atoms with E-state index in [1.54, 1.807) is 20.0 Å². The van der Waals surface area contributed by atoms with Crippen molar-refractivity contribution in [3.8, 4) is 0 Å². The van der Waals surface area contributed by atoms with Crippen LogP contribution in [0.2, 0.25) is 0 Å². The number of aliphatic imine (C=N–C) groups is 1. The van der Waals surface area contributed by atoms with E-state index in [-0.39, 0.29) is 5.97 Å². The van der Waals surface area contributed by atoms with Gasteiger partial charge in [0.05, 0.1) is 4.91 Å². The second-order valence-corrected chi connectivity index (χ2v) is 9.03. The van der Waals surface area contributed by atoms with Crippen LogP contribution in [0.4, 0.5) is 5.13 Å². The maximum Gasteiger partial charge on any atom is 0.337 e. The molecule has 2 unspecified atom stereocenters. The Kier molecular flexibility index (Phi) is 6.79. The normalized spacial score (nSPS) is 24.3. The topological polar surface area (TPSA) is 89.9 Å². The van der Waals surface area contributed by atoms with Gasteiger partial charge in [-0.2, -0.15) is 0 Å². The van der Waals surface area contributed by atoms with E-state index in [0.29, 0.717) is 18.1 Å². The largest absolute Gasteiger partial charge is 0.432 e. The highest BCUT2D eigenvalue weighted by Crippen LogP contribution is 2.26. The Labute approximate surface area is 171 Å². The summed E-state index contributed by atoms with van der Waals surface area (Å²) in [5.74, 6) is -1.19. The number of cyclic esters (lactones) is 1. The van der Waals surface area contributed by atoms with Gasteiger partial charge in [-0.15, -0.1) is 11.3 Å². The number of hydrogen-bond acceptors (Lipinski definition) is 7. The first-order valence-corrected chi connectivity index (χ1v) is 11.3. The minimum atomic E-state index is -1.36. The molecular formula is C19H25N3O4S2. The first kappa shape index (κ1) is 20.9. The lowest BCUT2D eigenvalue weighted by atomic mass is 10.1. The number of rotatable bonds is 7. The molecule has 2 atom stereocenters. The predicted octanol–water partition coefficient (Wildman–Crippen LogP) is 3.74. The van der Waals surface area contributed by atoms with Crippen molar-refractivity contribution in [2.75, 3.05) is 11.3 Å². The molecule has 3 rings (SSSR count). The Morgan fingerprint density at radius 1 is 1.39 bits per heavy atom. The summed E-state index contributed by atoms with van der Waals surface area (Å²) < 4.78 is 26.4. The maximum absolute atomic E-state index is 12.7. The van der Waals surface area contributed by atoms with Crippen LogP contribution >= 0.6 is 11.3 Å². The average molecular weight is 424 g/mol. The van der Waals surface area contributed by atoms with E-state index in [1.807, 2.05) is 17.5 Å². The molecule has 1 aliphatic heterocycles. The average Bonchev–Trinajstić information content (AvgIpc) is 3.16. The minimum Gasteiger partial charge on any atom is -0.432 e. The first-order chi connectivity index (χ1) is 13.4. The first-order valence-electron chi connectivity index (χ1n) is 9.30. The van der Waals surface area contributed by atoms with Gasteiger partial charge in [0.25, 0.3) is 0 Å². The van der Waals surface area contributed by atoms with E-state index in [1.165, 1.54) is 11.3 Å². The molecule has 7 nitrogen and oxygen atoms in total. The standard InChI is InChI=1S/C19H25N3O4S2/c1-4-13-5-6-14(20-10-9-15-17(23)26-19(2,3)25-15)7-8-16(13)28(24)22-18-21-11-12-27-18/h7-8,11-12,15H,4-6,9-10H2,1-3H3,(H,21,22). The lowest BCUT2D eigenvalue weighted by molar-refractivity contribution is -0.160. The molecule has 0 radical (unpaired) electrons. The lowest BCUT2D eigenvalue weighted by Crippen LogP contribution is -2.21. The zero-order valence-electron chi connectivity index (χ0n) is 16.3. The van der Waals surface area contributed by atoms with Crippen molar-refractivity contribution in [2.24, 2.45) is 4.99 Å². The number of esters is 1. The summed E-state index contributed by atoms with van der Waals surface area (Å²) >= 11 is 1.42. The monoisotopic (exact) mass is 423 g/mol. The highest BCUT2D eigenvalue weighted by Gasteiger charge is 2.40. The summed E-state index contributed by atoms with van der Waals surface area (Å²) in [5, 5.41) is 2.48. The molecule has 0 bridgehead atoms. The van der Waals surface area contributed by atoms with Gasteiger partial charge >= 0.3 is 5.97 Å². The van der Waals surface area contributed by atoms with Crippen LogP contribution in [0.1, 0.15) is 46.5 Å². The molecule has 2 heterocycles. The molecule has 1 N–H and O–H groups in total. The number of anilines is 1.